The number of ether oxygens (including phenoxy) is 1. The number of hydrogen-bond acceptors (Lipinski definition) is 4. The lowest BCUT2D eigenvalue weighted by Crippen LogP contribution is -2.32. The van der Waals surface area contributed by atoms with Gasteiger partial charge in [-0.05, 0) is 18.9 Å². The minimum atomic E-state index is 0.531. The maximum Gasteiger partial charge on any atom is 0.216 e. The maximum atomic E-state index is 5.46. The molecule has 0 unspecified atom stereocenters. The van der Waals surface area contributed by atoms with Gasteiger partial charge >= 0.3 is 0 Å². The molecule has 0 aliphatic carbocycles. The topological polar surface area (TPSA) is 42.3 Å². The van der Waals surface area contributed by atoms with Crippen molar-refractivity contribution in [2.45, 2.75) is 32.5 Å². The summed E-state index contributed by atoms with van der Waals surface area (Å²) >= 11 is 0. The van der Waals surface area contributed by atoms with Gasteiger partial charge in [0.2, 0.25) is 5.88 Å². The van der Waals surface area contributed by atoms with Crippen molar-refractivity contribution in [3.63, 3.8) is 0 Å². The van der Waals surface area contributed by atoms with Gasteiger partial charge in [-0.1, -0.05) is 30.3 Å². The van der Waals surface area contributed by atoms with E-state index in [0.717, 1.165) is 43.3 Å². The molecule has 2 heterocycles. The van der Waals surface area contributed by atoms with Gasteiger partial charge in [-0.2, -0.15) is 5.10 Å². The van der Waals surface area contributed by atoms with E-state index in [-0.39, 0.29) is 0 Å². The van der Waals surface area contributed by atoms with Crippen molar-refractivity contribution in [3.05, 3.63) is 47.2 Å². The van der Waals surface area contributed by atoms with Crippen LogP contribution >= 0.6 is 0 Å². The zero-order valence-corrected chi connectivity index (χ0v) is 14.2. The fourth-order valence-electron chi connectivity index (χ4n) is 3.37. The van der Waals surface area contributed by atoms with Crippen molar-refractivity contribution in [3.8, 4) is 5.88 Å². The first kappa shape index (κ1) is 16.0. The predicted molar refractivity (Wildman–Crippen MR) is 91.5 cm³/mol. The second-order valence-electron chi connectivity index (χ2n) is 6.28. The van der Waals surface area contributed by atoms with Crippen LogP contribution in [0.15, 0.2) is 30.3 Å². The molecular weight excluding hydrogens is 288 g/mol. The second kappa shape index (κ2) is 7.15. The van der Waals surface area contributed by atoms with E-state index in [0.29, 0.717) is 6.04 Å². The van der Waals surface area contributed by atoms with Gasteiger partial charge in [0.1, 0.15) is 0 Å². The minimum absolute atomic E-state index is 0.531. The molecule has 1 aliphatic heterocycles. The van der Waals surface area contributed by atoms with Gasteiger partial charge in [0.25, 0.3) is 0 Å². The van der Waals surface area contributed by atoms with E-state index < -0.39 is 0 Å². The third kappa shape index (κ3) is 3.74. The van der Waals surface area contributed by atoms with Gasteiger partial charge in [0, 0.05) is 39.3 Å². The zero-order valence-electron chi connectivity index (χ0n) is 14.2. The van der Waals surface area contributed by atoms with Gasteiger partial charge in [-0.25, -0.2) is 4.68 Å². The van der Waals surface area contributed by atoms with E-state index in [2.05, 4.69) is 45.6 Å². The zero-order chi connectivity index (χ0) is 16.2. The van der Waals surface area contributed by atoms with E-state index in [1.807, 2.05) is 18.7 Å². The Morgan fingerprint density at radius 1 is 1.30 bits per heavy atom. The summed E-state index contributed by atoms with van der Waals surface area (Å²) in [6.07, 6.45) is 1.19. The first-order valence-electron chi connectivity index (χ1n) is 8.23. The molecule has 1 fully saturated rings. The summed E-state index contributed by atoms with van der Waals surface area (Å²) in [5.74, 6) is 0.856. The molecule has 1 aromatic heterocycles. The van der Waals surface area contributed by atoms with Gasteiger partial charge < -0.3 is 10.1 Å². The predicted octanol–water partition coefficient (Wildman–Crippen LogP) is 2.10. The Balaban J connectivity index is 1.53. The number of nitrogens with zero attached hydrogens (tertiary/aromatic N) is 3. The molecule has 0 amide bonds. The van der Waals surface area contributed by atoms with Crippen LogP contribution in [0.1, 0.15) is 23.2 Å². The number of aryl methyl sites for hydroxylation is 2. The third-order valence-corrected chi connectivity index (χ3v) is 4.57. The van der Waals surface area contributed by atoms with E-state index in [9.17, 15) is 0 Å². The largest absolute Gasteiger partial charge is 0.481 e. The molecule has 5 nitrogen and oxygen atoms in total. The van der Waals surface area contributed by atoms with Crippen LogP contribution in [0.5, 0.6) is 5.88 Å². The molecule has 1 aliphatic rings. The summed E-state index contributed by atoms with van der Waals surface area (Å²) in [7, 11) is 3.63. The molecule has 1 saturated heterocycles. The standard InChI is InChI=1S/C18H26N4O/c1-14-17(18(23-3)21(2)20-14)11-19-16-9-10-22(13-16)12-15-7-5-4-6-8-15/h4-8,16,19H,9-13H2,1-3H3/t16-/m0/s1. The minimum Gasteiger partial charge on any atom is -0.481 e. The Labute approximate surface area is 138 Å². The lowest BCUT2D eigenvalue weighted by molar-refractivity contribution is 0.319. The number of rotatable bonds is 6. The van der Waals surface area contributed by atoms with Crippen LogP contribution in [0.2, 0.25) is 0 Å². The van der Waals surface area contributed by atoms with Crippen molar-refractivity contribution in [1.82, 2.24) is 20.0 Å². The van der Waals surface area contributed by atoms with E-state index in [4.69, 9.17) is 4.74 Å². The highest BCUT2D eigenvalue weighted by Crippen LogP contribution is 2.21. The molecule has 3 rings (SSSR count). The van der Waals surface area contributed by atoms with Crippen LogP contribution < -0.4 is 10.1 Å². The molecule has 23 heavy (non-hydrogen) atoms. The number of methoxy groups -OCH3 is 1. The highest BCUT2D eigenvalue weighted by atomic mass is 16.5. The monoisotopic (exact) mass is 314 g/mol. The van der Waals surface area contributed by atoms with Gasteiger partial charge in [-0.15, -0.1) is 0 Å². The Morgan fingerprint density at radius 3 is 2.83 bits per heavy atom. The molecule has 0 spiro atoms. The lowest BCUT2D eigenvalue weighted by Gasteiger charge is -2.17. The molecule has 2 aromatic rings. The average Bonchev–Trinajstić information content (AvgIpc) is 3.10. The summed E-state index contributed by atoms with van der Waals surface area (Å²) in [6, 6.07) is 11.2. The van der Waals surface area contributed by atoms with Crippen LogP contribution in [0, 0.1) is 6.92 Å². The van der Waals surface area contributed by atoms with Gasteiger partial charge in [-0.3, -0.25) is 4.90 Å². The molecule has 5 heteroatoms. The SMILES string of the molecule is COc1c(CN[C@H]2CCN(Cc3ccccc3)C2)c(C)nn1C. The lowest BCUT2D eigenvalue weighted by atomic mass is 10.2. The Bertz CT molecular complexity index is 638. The van der Waals surface area contributed by atoms with Crippen molar-refractivity contribution < 1.29 is 4.74 Å². The Hall–Kier alpha value is -1.85. The number of hydrogen-bond donors (Lipinski definition) is 1. The van der Waals surface area contributed by atoms with Crippen LogP contribution in [-0.2, 0) is 20.1 Å². The summed E-state index contributed by atoms with van der Waals surface area (Å²) in [6.45, 7) is 6.13. The molecular formula is C18H26N4O. The quantitative estimate of drug-likeness (QED) is 0.887. The highest BCUT2D eigenvalue weighted by Gasteiger charge is 2.23. The fourth-order valence-corrected chi connectivity index (χ4v) is 3.37. The number of aromatic nitrogens is 2. The van der Waals surface area contributed by atoms with E-state index in [1.165, 1.54) is 12.0 Å². The Morgan fingerprint density at radius 2 is 2.09 bits per heavy atom. The van der Waals surface area contributed by atoms with E-state index >= 15 is 0 Å². The maximum absolute atomic E-state index is 5.46. The van der Waals surface area contributed by atoms with Crippen molar-refractivity contribution in [2.75, 3.05) is 20.2 Å². The summed E-state index contributed by atoms with van der Waals surface area (Å²) in [5.41, 5.74) is 3.59. The first-order valence-corrected chi connectivity index (χ1v) is 8.23. The van der Waals surface area contributed by atoms with E-state index in [1.54, 1.807) is 7.11 Å². The van der Waals surface area contributed by atoms with Gasteiger partial charge in [0.05, 0.1) is 18.4 Å². The number of nitrogens with one attached hydrogen (secondary N) is 1. The third-order valence-electron chi connectivity index (χ3n) is 4.57. The summed E-state index contributed by atoms with van der Waals surface area (Å²) in [4.78, 5) is 2.51. The molecule has 1 aromatic carbocycles. The second-order valence-corrected chi connectivity index (χ2v) is 6.28. The molecule has 0 radical (unpaired) electrons. The normalized spacial score (nSPS) is 18.5. The fraction of sp³-hybridized carbons (Fsp3) is 0.500. The molecule has 124 valence electrons. The highest BCUT2D eigenvalue weighted by molar-refractivity contribution is 5.30. The molecule has 0 bridgehead atoms. The van der Waals surface area contributed by atoms with Crippen LogP contribution in [-0.4, -0.2) is 40.9 Å². The number of benzene rings is 1. The number of likely N-dealkylation sites (tertiary alicyclic amines) is 1. The first-order chi connectivity index (χ1) is 11.2. The summed E-state index contributed by atoms with van der Waals surface area (Å²) < 4.78 is 7.27. The average molecular weight is 314 g/mol. The van der Waals surface area contributed by atoms with Crippen molar-refractivity contribution in [1.29, 1.82) is 0 Å². The van der Waals surface area contributed by atoms with Gasteiger partial charge in [0.15, 0.2) is 0 Å². The van der Waals surface area contributed by atoms with Crippen molar-refractivity contribution in [2.24, 2.45) is 7.05 Å². The summed E-state index contributed by atoms with van der Waals surface area (Å²) in [5, 5.41) is 8.11. The Kier molecular flexibility index (Phi) is 4.98. The molecule has 1 atom stereocenters. The van der Waals surface area contributed by atoms with Crippen LogP contribution in [0.4, 0.5) is 0 Å². The van der Waals surface area contributed by atoms with Crippen LogP contribution in [0.25, 0.3) is 0 Å². The molecule has 1 N–H and O–H groups in total. The van der Waals surface area contributed by atoms with Crippen molar-refractivity contribution >= 4 is 0 Å². The van der Waals surface area contributed by atoms with Crippen LogP contribution in [0.3, 0.4) is 0 Å². The molecule has 0 saturated carbocycles. The smallest absolute Gasteiger partial charge is 0.216 e.